The van der Waals surface area contributed by atoms with E-state index in [9.17, 15) is 43.2 Å². The van der Waals surface area contributed by atoms with Crippen LogP contribution in [0.1, 0.15) is 297 Å². The highest BCUT2D eigenvalue weighted by Crippen LogP contribution is 2.45. The minimum atomic E-state index is -5.03. The van der Waals surface area contributed by atoms with E-state index in [0.29, 0.717) is 44.9 Å². The van der Waals surface area contributed by atoms with E-state index in [2.05, 4.69) is 161 Å². The van der Waals surface area contributed by atoms with Crippen LogP contribution >= 0.6 is 15.6 Å². The van der Waals surface area contributed by atoms with Crippen LogP contribution < -0.4 is 0 Å². The highest BCUT2D eigenvalue weighted by atomic mass is 31.2. The van der Waals surface area contributed by atoms with Crippen LogP contribution in [0, 0.1) is 0 Å². The summed E-state index contributed by atoms with van der Waals surface area (Å²) in [7, 11) is -10.0. The summed E-state index contributed by atoms with van der Waals surface area (Å²) in [6.45, 7) is 4.51. The molecule has 0 aromatic carbocycles. The van der Waals surface area contributed by atoms with Gasteiger partial charge in [0.15, 0.2) is 12.2 Å². The van der Waals surface area contributed by atoms with Gasteiger partial charge in [-0.2, -0.15) is 0 Å². The Kier molecular flexibility index (Phi) is 75.0. The van der Waals surface area contributed by atoms with E-state index >= 15 is 0 Å². The highest BCUT2D eigenvalue weighted by Gasteiger charge is 2.30. The molecular weight excluding hydrogens is 1400 g/mol. The van der Waals surface area contributed by atoms with Gasteiger partial charge in [-0.3, -0.25) is 37.3 Å². The van der Waals surface area contributed by atoms with Gasteiger partial charge in [-0.15, -0.1) is 0 Å². The van der Waals surface area contributed by atoms with Crippen molar-refractivity contribution in [1.29, 1.82) is 0 Å². The fourth-order valence-electron chi connectivity index (χ4n) is 10.1. The molecule has 0 amide bonds. The van der Waals surface area contributed by atoms with Crippen molar-refractivity contribution >= 4 is 39.5 Å². The van der Waals surface area contributed by atoms with Gasteiger partial charge in [0.2, 0.25) is 0 Å². The average molecular weight is 1550 g/mol. The third-order valence-corrected chi connectivity index (χ3v) is 18.2. The second-order valence-corrected chi connectivity index (χ2v) is 29.5. The van der Waals surface area contributed by atoms with Crippen molar-refractivity contribution in [1.82, 2.24) is 0 Å². The van der Waals surface area contributed by atoms with Crippen LogP contribution in [0.4, 0.5) is 0 Å². The highest BCUT2D eigenvalue weighted by molar-refractivity contribution is 7.47. The number of allylic oxidation sites excluding steroid dienone is 30. The lowest BCUT2D eigenvalue weighted by atomic mass is 10.1. The number of phosphoric acid groups is 2. The molecule has 0 aliphatic heterocycles. The van der Waals surface area contributed by atoms with Crippen molar-refractivity contribution in [2.75, 3.05) is 39.6 Å². The first-order chi connectivity index (χ1) is 52.7. The molecule has 19 heteroatoms. The van der Waals surface area contributed by atoms with Gasteiger partial charge in [0.05, 0.1) is 26.4 Å². The zero-order valence-electron chi connectivity index (χ0n) is 66.9. The summed E-state index contributed by atoms with van der Waals surface area (Å²) in [5.41, 5.74) is 0. The summed E-state index contributed by atoms with van der Waals surface area (Å²) in [5.74, 6) is -2.46. The van der Waals surface area contributed by atoms with E-state index < -0.39 is 97.5 Å². The summed E-state index contributed by atoms with van der Waals surface area (Å²) in [5, 5.41) is 10.6. The molecule has 0 aromatic rings. The average Bonchev–Trinajstić information content (AvgIpc) is 0.897. The van der Waals surface area contributed by atoms with E-state index in [1.807, 2.05) is 48.6 Å². The Labute approximate surface area is 654 Å². The second-order valence-electron chi connectivity index (χ2n) is 26.6. The van der Waals surface area contributed by atoms with E-state index in [1.165, 1.54) is 83.5 Å². The van der Waals surface area contributed by atoms with Crippen molar-refractivity contribution in [2.24, 2.45) is 0 Å². The lowest BCUT2D eigenvalue weighted by Gasteiger charge is -2.21. The summed E-state index contributed by atoms with van der Waals surface area (Å²) in [6.07, 6.45) is 96.2. The molecule has 0 aromatic heterocycles. The molecule has 108 heavy (non-hydrogen) atoms. The van der Waals surface area contributed by atoms with Crippen LogP contribution in [0.5, 0.6) is 0 Å². The lowest BCUT2D eigenvalue weighted by molar-refractivity contribution is -0.161. The Morgan fingerprint density at radius 2 is 0.481 bits per heavy atom. The predicted molar refractivity (Wildman–Crippen MR) is 445 cm³/mol. The van der Waals surface area contributed by atoms with E-state index in [1.54, 1.807) is 0 Å². The fraction of sp³-hybridized carbons (Fsp3) is 0.618. The van der Waals surface area contributed by atoms with Crippen molar-refractivity contribution in [2.45, 2.75) is 316 Å². The Morgan fingerprint density at radius 3 is 0.824 bits per heavy atom. The largest absolute Gasteiger partial charge is 0.472 e. The number of carbonyl (C=O) groups excluding carboxylic acids is 4. The standard InChI is InChI=1S/C89H144O17P2/c1-5-9-13-17-21-25-29-33-36-39-41-44-46-50-54-58-62-66-70-74-87(92)100-80-85(106-89(94)76-72-68-64-60-56-52-48-45-42-40-37-34-30-26-22-18-14-10-6-2)82-104-108(97,98)102-78-83(90)77-101-107(95,96)103-81-84(79-99-86(91)73-69-65-61-57-53-49-32-28-24-20-16-12-8-4)105-88(93)75-71-67-63-59-55-51-47-43-38-35-31-27-23-19-15-11-7-3/h21-23,25-28,32-38,41-42,44-45,47,50-52,54,56,59,62-64,66,68,83-85,90H,5-20,24,29-31,39-40,43,46,48-49,53,55,57-58,60-61,65,67,69-82H2,1-4H3,(H,95,96)(H,97,98)/b25-21-,26-22-,27-23-,32-28-,36-33-,37-34-,38-35-,44-41-,45-42-,51-47-,54-50-,56-52-,63-59-,66-62-,68-64-/t83-,84+,85+/m0/s1. The quantitative estimate of drug-likeness (QED) is 0.0169. The molecule has 0 saturated carbocycles. The summed E-state index contributed by atoms with van der Waals surface area (Å²) in [6, 6.07) is 0. The maximum atomic E-state index is 13.1. The van der Waals surface area contributed by atoms with Crippen molar-refractivity contribution in [3.8, 4) is 0 Å². The third kappa shape index (κ3) is 78.3. The van der Waals surface area contributed by atoms with Crippen LogP contribution in [0.2, 0.25) is 0 Å². The van der Waals surface area contributed by atoms with Crippen LogP contribution in [-0.2, 0) is 65.4 Å². The minimum absolute atomic E-state index is 0.00784. The number of phosphoric ester groups is 2. The molecule has 0 saturated heterocycles. The molecule has 0 rings (SSSR count). The SMILES string of the molecule is CCCCC/C=C\C/C=C\C/C=C\C/C=C\C/C=C\CCC(=O)OC[C@H](COP(=O)(O)OC[C@@H](O)COP(=O)(O)OC[C@@H](COC(=O)CCCCCCC/C=C\CCCCCC)OC(=O)CCC/C=C\C/C=C\C/C=C\C/C=C\CCCCC)OC(=O)CC/C=C\C/C=C\C/C=C\C/C=C\C/C=C\CCCCC. The molecule has 0 fully saturated rings. The Bertz CT molecular complexity index is 2760. The molecule has 5 atom stereocenters. The van der Waals surface area contributed by atoms with Gasteiger partial charge in [-0.1, -0.05) is 287 Å². The van der Waals surface area contributed by atoms with Gasteiger partial charge in [0.25, 0.3) is 0 Å². The Balaban J connectivity index is 5.58. The number of aliphatic hydroxyl groups excluding tert-OH is 1. The first-order valence-corrected chi connectivity index (χ1v) is 44.0. The lowest BCUT2D eigenvalue weighted by Crippen LogP contribution is -2.30. The first-order valence-electron chi connectivity index (χ1n) is 41.0. The van der Waals surface area contributed by atoms with Gasteiger partial charge in [0, 0.05) is 25.7 Å². The van der Waals surface area contributed by atoms with Crippen LogP contribution in [0.25, 0.3) is 0 Å². The summed E-state index contributed by atoms with van der Waals surface area (Å²) in [4.78, 5) is 73.0. The number of esters is 4. The van der Waals surface area contributed by atoms with Crippen molar-refractivity contribution < 1.29 is 80.2 Å². The molecule has 0 heterocycles. The number of carbonyl (C=O) groups is 4. The Morgan fingerprint density at radius 1 is 0.259 bits per heavy atom. The number of hydrogen-bond acceptors (Lipinski definition) is 15. The van der Waals surface area contributed by atoms with E-state index in [-0.39, 0.29) is 25.7 Å². The smallest absolute Gasteiger partial charge is 0.462 e. The number of ether oxygens (including phenoxy) is 4. The van der Waals surface area contributed by atoms with E-state index in [0.717, 1.165) is 116 Å². The normalized spacial score (nSPS) is 14.8. The maximum Gasteiger partial charge on any atom is 0.472 e. The topological polar surface area (TPSA) is 237 Å². The van der Waals surface area contributed by atoms with Gasteiger partial charge < -0.3 is 33.8 Å². The molecule has 0 spiro atoms. The Hall–Kier alpha value is -5.84. The molecule has 2 unspecified atom stereocenters. The summed E-state index contributed by atoms with van der Waals surface area (Å²) < 4.78 is 68.4. The van der Waals surface area contributed by atoms with E-state index in [4.69, 9.17) is 37.0 Å². The van der Waals surface area contributed by atoms with Crippen molar-refractivity contribution in [3.63, 3.8) is 0 Å². The number of rotatable bonds is 75. The first kappa shape index (κ1) is 102. The predicted octanol–water partition coefficient (Wildman–Crippen LogP) is 24.3. The van der Waals surface area contributed by atoms with Gasteiger partial charge in [0.1, 0.15) is 19.3 Å². The fourth-order valence-corrected chi connectivity index (χ4v) is 11.6. The van der Waals surface area contributed by atoms with Crippen molar-refractivity contribution in [3.05, 3.63) is 182 Å². The number of hydrogen-bond donors (Lipinski definition) is 3. The number of unbranched alkanes of at least 4 members (excludes halogenated alkanes) is 19. The molecule has 17 nitrogen and oxygen atoms in total. The molecular formula is C89H144O17P2. The van der Waals surface area contributed by atoms with Crippen LogP contribution in [0.3, 0.4) is 0 Å². The zero-order chi connectivity index (χ0) is 78.9. The molecule has 0 aliphatic carbocycles. The monoisotopic (exact) mass is 1550 g/mol. The second kappa shape index (κ2) is 79.3. The molecule has 0 bridgehead atoms. The molecule has 3 N–H and O–H groups in total. The zero-order valence-corrected chi connectivity index (χ0v) is 68.7. The van der Waals surface area contributed by atoms with Gasteiger partial charge in [-0.25, -0.2) is 9.13 Å². The van der Waals surface area contributed by atoms with Crippen LogP contribution in [0.15, 0.2) is 182 Å². The third-order valence-electron chi connectivity index (χ3n) is 16.3. The minimum Gasteiger partial charge on any atom is -0.462 e. The van der Waals surface area contributed by atoms with Gasteiger partial charge >= 0.3 is 39.5 Å². The molecule has 0 radical (unpaired) electrons. The molecule has 0 aliphatic rings. The van der Waals surface area contributed by atoms with Gasteiger partial charge in [-0.05, 0) is 167 Å². The summed E-state index contributed by atoms with van der Waals surface area (Å²) >= 11 is 0. The van der Waals surface area contributed by atoms with Crippen LogP contribution in [-0.4, -0.2) is 96.7 Å². The maximum absolute atomic E-state index is 13.1. The molecule has 612 valence electrons. The number of aliphatic hydroxyl groups is 1.